The Labute approximate surface area is 132 Å². The predicted octanol–water partition coefficient (Wildman–Crippen LogP) is 3.95. The molecule has 0 radical (unpaired) electrons. The van der Waals surface area contributed by atoms with E-state index in [1.165, 1.54) is 36.8 Å². The molecule has 1 aromatic rings. The number of carbonyl (C=O) groups is 1. The van der Waals surface area contributed by atoms with Crippen LogP contribution in [0.4, 0.5) is 0 Å². The molecule has 1 aliphatic carbocycles. The molecule has 1 atom stereocenters. The summed E-state index contributed by atoms with van der Waals surface area (Å²) in [4.78, 5) is 12.2. The molecular formula is C19H25NO2. The van der Waals surface area contributed by atoms with E-state index in [1.54, 1.807) is 0 Å². The summed E-state index contributed by atoms with van der Waals surface area (Å²) in [5.41, 5.74) is 2.70. The topological polar surface area (TPSA) is 38.3 Å². The van der Waals surface area contributed by atoms with Gasteiger partial charge in [0.05, 0.1) is 6.61 Å². The summed E-state index contributed by atoms with van der Waals surface area (Å²) < 4.78 is 5.66. The molecule has 1 unspecified atom stereocenters. The third kappa shape index (κ3) is 3.90. The quantitative estimate of drug-likeness (QED) is 0.836. The Bertz CT molecular complexity index is 550. The molecule has 1 amide bonds. The summed E-state index contributed by atoms with van der Waals surface area (Å²) in [6.45, 7) is 1.48. The number of hydrogen-bond acceptors (Lipinski definition) is 2. The molecule has 3 rings (SSSR count). The van der Waals surface area contributed by atoms with E-state index >= 15 is 0 Å². The molecule has 1 N–H and O–H groups in total. The number of hydrogen-bond donors (Lipinski definition) is 1. The van der Waals surface area contributed by atoms with Crippen molar-refractivity contribution in [2.45, 2.75) is 50.9 Å². The van der Waals surface area contributed by atoms with E-state index in [4.69, 9.17) is 4.74 Å². The van der Waals surface area contributed by atoms with Gasteiger partial charge in [0, 0.05) is 13.0 Å². The van der Waals surface area contributed by atoms with Gasteiger partial charge in [0.2, 0.25) is 5.91 Å². The van der Waals surface area contributed by atoms with Gasteiger partial charge in [-0.3, -0.25) is 4.79 Å². The van der Waals surface area contributed by atoms with Crippen LogP contribution in [0.1, 0.15) is 56.4 Å². The van der Waals surface area contributed by atoms with E-state index in [1.807, 2.05) is 18.2 Å². The fraction of sp³-hybridized carbons (Fsp3) is 0.526. The highest BCUT2D eigenvalue weighted by atomic mass is 16.5. The van der Waals surface area contributed by atoms with Crippen LogP contribution in [0.3, 0.4) is 0 Å². The van der Waals surface area contributed by atoms with Gasteiger partial charge in [-0.2, -0.15) is 0 Å². The maximum Gasteiger partial charge on any atom is 0.220 e. The van der Waals surface area contributed by atoms with Gasteiger partial charge in [-0.05, 0) is 56.1 Å². The fourth-order valence-electron chi connectivity index (χ4n) is 3.42. The summed E-state index contributed by atoms with van der Waals surface area (Å²) >= 11 is 0. The van der Waals surface area contributed by atoms with Crippen molar-refractivity contribution < 1.29 is 9.53 Å². The Morgan fingerprint density at radius 1 is 1.27 bits per heavy atom. The van der Waals surface area contributed by atoms with Crippen molar-refractivity contribution >= 4 is 5.91 Å². The monoisotopic (exact) mass is 299 g/mol. The second-order valence-electron chi connectivity index (χ2n) is 6.28. The van der Waals surface area contributed by atoms with Gasteiger partial charge >= 0.3 is 0 Å². The molecule has 0 spiro atoms. The van der Waals surface area contributed by atoms with Crippen molar-refractivity contribution in [2.75, 3.05) is 13.2 Å². The summed E-state index contributed by atoms with van der Waals surface area (Å²) in [7, 11) is 0. The molecule has 0 saturated heterocycles. The van der Waals surface area contributed by atoms with Crippen molar-refractivity contribution in [1.82, 2.24) is 5.32 Å². The Hall–Kier alpha value is -1.77. The number of rotatable bonds is 5. The van der Waals surface area contributed by atoms with Gasteiger partial charge in [0.1, 0.15) is 5.75 Å². The third-order valence-corrected chi connectivity index (χ3v) is 4.67. The Morgan fingerprint density at radius 3 is 3.05 bits per heavy atom. The normalized spacial score (nSPS) is 20.5. The van der Waals surface area contributed by atoms with Crippen LogP contribution in [0.2, 0.25) is 0 Å². The summed E-state index contributed by atoms with van der Waals surface area (Å²) in [5.74, 6) is 1.40. The Morgan fingerprint density at radius 2 is 2.18 bits per heavy atom. The SMILES string of the molecule is O=C(CC1CCOc2ccccc21)NCCC1=CCCCC1. The second kappa shape index (κ2) is 7.48. The van der Waals surface area contributed by atoms with Crippen LogP contribution in [-0.4, -0.2) is 19.1 Å². The van der Waals surface area contributed by atoms with Gasteiger partial charge in [-0.25, -0.2) is 0 Å². The molecule has 0 bridgehead atoms. The zero-order valence-electron chi connectivity index (χ0n) is 13.1. The maximum absolute atomic E-state index is 12.2. The molecule has 1 aromatic carbocycles. The lowest BCUT2D eigenvalue weighted by Crippen LogP contribution is -2.28. The zero-order chi connectivity index (χ0) is 15.2. The van der Waals surface area contributed by atoms with Crippen molar-refractivity contribution in [2.24, 2.45) is 0 Å². The number of amides is 1. The molecule has 0 saturated carbocycles. The Balaban J connectivity index is 1.47. The minimum atomic E-state index is 0.165. The lowest BCUT2D eigenvalue weighted by molar-refractivity contribution is -0.121. The number of benzene rings is 1. The second-order valence-corrected chi connectivity index (χ2v) is 6.28. The average Bonchev–Trinajstić information content (AvgIpc) is 2.56. The number of nitrogens with one attached hydrogen (secondary N) is 1. The molecule has 22 heavy (non-hydrogen) atoms. The van der Waals surface area contributed by atoms with Crippen LogP contribution in [0.25, 0.3) is 0 Å². The predicted molar refractivity (Wildman–Crippen MR) is 88.1 cm³/mol. The van der Waals surface area contributed by atoms with Crippen LogP contribution in [0.5, 0.6) is 5.75 Å². The molecule has 1 heterocycles. The van der Waals surface area contributed by atoms with E-state index in [2.05, 4.69) is 17.5 Å². The average molecular weight is 299 g/mol. The number of fused-ring (bicyclic) bond motifs is 1. The fourth-order valence-corrected chi connectivity index (χ4v) is 3.42. The molecule has 118 valence electrons. The van der Waals surface area contributed by atoms with E-state index in [0.29, 0.717) is 18.9 Å². The molecule has 0 aromatic heterocycles. The van der Waals surface area contributed by atoms with Gasteiger partial charge in [0.25, 0.3) is 0 Å². The smallest absolute Gasteiger partial charge is 0.220 e. The molecule has 0 fully saturated rings. The minimum Gasteiger partial charge on any atom is -0.493 e. The highest BCUT2D eigenvalue weighted by Gasteiger charge is 2.23. The summed E-state index contributed by atoms with van der Waals surface area (Å²) in [6, 6.07) is 8.08. The van der Waals surface area contributed by atoms with E-state index in [9.17, 15) is 4.79 Å². The van der Waals surface area contributed by atoms with Crippen LogP contribution >= 0.6 is 0 Å². The first-order valence-electron chi connectivity index (χ1n) is 8.49. The highest BCUT2D eigenvalue weighted by Crippen LogP contribution is 2.35. The van der Waals surface area contributed by atoms with Crippen molar-refractivity contribution in [3.8, 4) is 5.75 Å². The lowest BCUT2D eigenvalue weighted by atomic mass is 9.90. The van der Waals surface area contributed by atoms with Crippen LogP contribution in [0, 0.1) is 0 Å². The largest absolute Gasteiger partial charge is 0.493 e. The number of para-hydroxylation sites is 1. The van der Waals surface area contributed by atoms with Crippen molar-refractivity contribution in [3.63, 3.8) is 0 Å². The summed E-state index contributed by atoms with van der Waals surface area (Å²) in [6.07, 6.45) is 9.90. The van der Waals surface area contributed by atoms with Crippen LogP contribution < -0.4 is 10.1 Å². The van der Waals surface area contributed by atoms with Gasteiger partial charge < -0.3 is 10.1 Å². The minimum absolute atomic E-state index is 0.165. The van der Waals surface area contributed by atoms with Crippen molar-refractivity contribution in [1.29, 1.82) is 0 Å². The van der Waals surface area contributed by atoms with E-state index in [-0.39, 0.29) is 5.91 Å². The zero-order valence-corrected chi connectivity index (χ0v) is 13.1. The van der Waals surface area contributed by atoms with E-state index < -0.39 is 0 Å². The molecule has 1 aliphatic heterocycles. The number of carbonyl (C=O) groups excluding carboxylic acids is 1. The first kappa shape index (κ1) is 15.1. The third-order valence-electron chi connectivity index (χ3n) is 4.67. The molecule has 2 aliphatic rings. The van der Waals surface area contributed by atoms with Crippen LogP contribution in [-0.2, 0) is 4.79 Å². The maximum atomic E-state index is 12.2. The number of ether oxygens (including phenoxy) is 1. The molecular weight excluding hydrogens is 274 g/mol. The first-order valence-corrected chi connectivity index (χ1v) is 8.49. The standard InChI is InChI=1S/C19H25NO2/c21-19(20-12-10-15-6-2-1-3-7-15)14-16-11-13-22-18-9-5-4-8-17(16)18/h4-6,8-9,16H,1-3,7,10-14H2,(H,20,21). The van der Waals surface area contributed by atoms with Gasteiger partial charge in [-0.1, -0.05) is 29.8 Å². The Kier molecular flexibility index (Phi) is 5.15. The lowest BCUT2D eigenvalue weighted by Gasteiger charge is -2.25. The van der Waals surface area contributed by atoms with Gasteiger partial charge in [0.15, 0.2) is 0 Å². The van der Waals surface area contributed by atoms with Crippen LogP contribution in [0.15, 0.2) is 35.9 Å². The number of allylic oxidation sites excluding steroid dienone is 1. The van der Waals surface area contributed by atoms with E-state index in [0.717, 1.165) is 25.1 Å². The first-order chi connectivity index (χ1) is 10.8. The molecule has 3 nitrogen and oxygen atoms in total. The molecule has 3 heteroatoms. The van der Waals surface area contributed by atoms with Gasteiger partial charge in [-0.15, -0.1) is 0 Å². The summed E-state index contributed by atoms with van der Waals surface area (Å²) in [5, 5.41) is 3.09. The van der Waals surface area contributed by atoms with Crippen molar-refractivity contribution in [3.05, 3.63) is 41.5 Å². The highest BCUT2D eigenvalue weighted by molar-refractivity contribution is 5.77.